The molecule has 1 aromatic heterocycles. The SMILES string of the molecule is COCc1cccc(C(=O)Nc2nc3c(F)cc(F)cc3s2)c1. The minimum Gasteiger partial charge on any atom is -0.380 e. The number of carbonyl (C=O) groups excluding carboxylic acids is 1. The lowest BCUT2D eigenvalue weighted by Gasteiger charge is -2.04. The van der Waals surface area contributed by atoms with E-state index in [1.54, 1.807) is 25.3 Å². The van der Waals surface area contributed by atoms with Crippen LogP contribution in [0.1, 0.15) is 15.9 Å². The van der Waals surface area contributed by atoms with Gasteiger partial charge in [-0.3, -0.25) is 10.1 Å². The zero-order valence-corrected chi connectivity index (χ0v) is 12.9. The summed E-state index contributed by atoms with van der Waals surface area (Å²) in [5.74, 6) is -1.80. The van der Waals surface area contributed by atoms with E-state index in [0.29, 0.717) is 16.9 Å². The summed E-state index contributed by atoms with van der Waals surface area (Å²) < 4.78 is 32.2. The number of thiazole rings is 1. The molecule has 0 aliphatic carbocycles. The molecule has 0 aliphatic heterocycles. The number of anilines is 1. The maximum atomic E-state index is 13.6. The number of fused-ring (bicyclic) bond motifs is 1. The van der Waals surface area contributed by atoms with Crippen molar-refractivity contribution in [2.45, 2.75) is 6.61 Å². The minimum atomic E-state index is -0.751. The van der Waals surface area contributed by atoms with Crippen LogP contribution in [-0.4, -0.2) is 18.0 Å². The third kappa shape index (κ3) is 3.35. The predicted octanol–water partition coefficient (Wildman–Crippen LogP) is 3.97. The standard InChI is InChI=1S/C16H12F2N2O2S/c1-22-8-9-3-2-4-10(5-9)15(21)20-16-19-14-12(18)6-11(17)7-13(14)23-16/h2-7H,8H2,1H3,(H,19,20,21). The Morgan fingerprint density at radius 2 is 2.13 bits per heavy atom. The first-order valence-electron chi connectivity index (χ1n) is 6.71. The Morgan fingerprint density at radius 3 is 2.91 bits per heavy atom. The van der Waals surface area contributed by atoms with Crippen LogP contribution in [0.3, 0.4) is 0 Å². The molecule has 0 bridgehead atoms. The van der Waals surface area contributed by atoms with E-state index < -0.39 is 11.6 Å². The third-order valence-electron chi connectivity index (χ3n) is 3.13. The quantitative estimate of drug-likeness (QED) is 0.785. The summed E-state index contributed by atoms with van der Waals surface area (Å²) >= 11 is 1.02. The number of rotatable bonds is 4. The lowest BCUT2D eigenvalue weighted by atomic mass is 10.1. The van der Waals surface area contributed by atoms with Crippen LogP contribution in [0.5, 0.6) is 0 Å². The molecule has 4 nitrogen and oxygen atoms in total. The molecule has 118 valence electrons. The van der Waals surface area contributed by atoms with Crippen molar-refractivity contribution in [3.63, 3.8) is 0 Å². The number of carbonyl (C=O) groups is 1. The van der Waals surface area contributed by atoms with Gasteiger partial charge in [0, 0.05) is 18.7 Å². The summed E-state index contributed by atoms with van der Waals surface area (Å²) in [5, 5.41) is 2.82. The van der Waals surface area contributed by atoms with Gasteiger partial charge in [-0.1, -0.05) is 23.5 Å². The molecule has 0 fully saturated rings. The van der Waals surface area contributed by atoms with Gasteiger partial charge in [-0.15, -0.1) is 0 Å². The number of aromatic nitrogens is 1. The first-order valence-corrected chi connectivity index (χ1v) is 7.53. The number of nitrogens with one attached hydrogen (secondary N) is 1. The zero-order valence-electron chi connectivity index (χ0n) is 12.1. The summed E-state index contributed by atoms with van der Waals surface area (Å²) in [6.45, 7) is 0.396. The van der Waals surface area contributed by atoms with Crippen LogP contribution >= 0.6 is 11.3 Å². The van der Waals surface area contributed by atoms with Crippen LogP contribution in [0, 0.1) is 11.6 Å². The minimum absolute atomic E-state index is 0.0415. The van der Waals surface area contributed by atoms with E-state index in [2.05, 4.69) is 10.3 Å². The van der Waals surface area contributed by atoms with Gasteiger partial charge < -0.3 is 4.74 Å². The molecule has 0 radical (unpaired) electrons. The first-order chi connectivity index (χ1) is 11.1. The summed E-state index contributed by atoms with van der Waals surface area (Å²) in [5.41, 5.74) is 1.34. The highest BCUT2D eigenvalue weighted by Gasteiger charge is 2.13. The van der Waals surface area contributed by atoms with Gasteiger partial charge in [0.1, 0.15) is 11.3 Å². The van der Waals surface area contributed by atoms with Crippen molar-refractivity contribution in [3.8, 4) is 0 Å². The number of nitrogens with zero attached hydrogens (tertiary/aromatic N) is 1. The summed E-state index contributed by atoms with van der Waals surface area (Å²) in [4.78, 5) is 16.2. The second kappa shape index (κ2) is 6.39. The van der Waals surface area contributed by atoms with Crippen LogP contribution in [0.2, 0.25) is 0 Å². The van der Waals surface area contributed by atoms with Gasteiger partial charge in [0.2, 0.25) is 0 Å². The second-order valence-electron chi connectivity index (χ2n) is 4.84. The molecule has 3 aromatic rings. The van der Waals surface area contributed by atoms with Crippen molar-refractivity contribution in [2.24, 2.45) is 0 Å². The average Bonchev–Trinajstić information content (AvgIpc) is 2.90. The number of hydrogen-bond donors (Lipinski definition) is 1. The number of halogens is 2. The Balaban J connectivity index is 1.85. The van der Waals surface area contributed by atoms with E-state index in [4.69, 9.17) is 4.74 Å². The van der Waals surface area contributed by atoms with Crippen molar-refractivity contribution in [3.05, 3.63) is 59.2 Å². The monoisotopic (exact) mass is 334 g/mol. The van der Waals surface area contributed by atoms with Gasteiger partial charge in [-0.2, -0.15) is 0 Å². The van der Waals surface area contributed by atoms with Crippen molar-refractivity contribution >= 4 is 32.6 Å². The molecule has 3 rings (SSSR count). The molecule has 1 heterocycles. The van der Waals surface area contributed by atoms with E-state index >= 15 is 0 Å². The van der Waals surface area contributed by atoms with Gasteiger partial charge in [-0.05, 0) is 23.8 Å². The summed E-state index contributed by atoms with van der Waals surface area (Å²) in [6.07, 6.45) is 0. The molecular formula is C16H12F2N2O2S. The Morgan fingerprint density at radius 1 is 1.30 bits per heavy atom. The van der Waals surface area contributed by atoms with Gasteiger partial charge in [0.15, 0.2) is 10.9 Å². The Bertz CT molecular complexity index is 880. The largest absolute Gasteiger partial charge is 0.380 e. The van der Waals surface area contributed by atoms with E-state index in [0.717, 1.165) is 23.0 Å². The van der Waals surface area contributed by atoms with Crippen molar-refractivity contribution in [1.29, 1.82) is 0 Å². The molecule has 0 saturated heterocycles. The summed E-state index contributed by atoms with van der Waals surface area (Å²) in [6, 6.07) is 8.90. The van der Waals surface area contributed by atoms with Crippen LogP contribution in [0.25, 0.3) is 10.2 Å². The third-order valence-corrected chi connectivity index (χ3v) is 4.05. The van der Waals surface area contributed by atoms with Crippen LogP contribution in [0.15, 0.2) is 36.4 Å². The smallest absolute Gasteiger partial charge is 0.257 e. The van der Waals surface area contributed by atoms with E-state index in [9.17, 15) is 13.6 Å². The van der Waals surface area contributed by atoms with Crippen LogP contribution < -0.4 is 5.32 Å². The molecular weight excluding hydrogens is 322 g/mol. The number of ether oxygens (including phenoxy) is 1. The molecule has 0 aliphatic rings. The van der Waals surface area contributed by atoms with E-state index in [1.165, 1.54) is 6.07 Å². The highest BCUT2D eigenvalue weighted by molar-refractivity contribution is 7.22. The first kappa shape index (κ1) is 15.5. The van der Waals surface area contributed by atoms with Gasteiger partial charge in [-0.25, -0.2) is 13.8 Å². The molecule has 2 aromatic carbocycles. The maximum Gasteiger partial charge on any atom is 0.257 e. The second-order valence-corrected chi connectivity index (χ2v) is 5.87. The van der Waals surface area contributed by atoms with Crippen LogP contribution in [0.4, 0.5) is 13.9 Å². The molecule has 1 amide bonds. The van der Waals surface area contributed by atoms with Crippen molar-refractivity contribution in [2.75, 3.05) is 12.4 Å². The Labute approximate surface area is 134 Å². The molecule has 23 heavy (non-hydrogen) atoms. The highest BCUT2D eigenvalue weighted by Crippen LogP contribution is 2.29. The number of amides is 1. The molecule has 0 atom stereocenters. The fraction of sp³-hybridized carbons (Fsp3) is 0.125. The zero-order chi connectivity index (χ0) is 16.4. The predicted molar refractivity (Wildman–Crippen MR) is 84.6 cm³/mol. The van der Waals surface area contributed by atoms with E-state index in [-0.39, 0.29) is 16.6 Å². The van der Waals surface area contributed by atoms with E-state index in [1.807, 2.05) is 6.07 Å². The van der Waals surface area contributed by atoms with Gasteiger partial charge in [0.25, 0.3) is 5.91 Å². The van der Waals surface area contributed by atoms with Crippen molar-refractivity contribution in [1.82, 2.24) is 4.98 Å². The molecule has 0 saturated carbocycles. The fourth-order valence-electron chi connectivity index (χ4n) is 2.15. The molecule has 1 N–H and O–H groups in total. The number of benzene rings is 2. The van der Waals surface area contributed by atoms with Gasteiger partial charge >= 0.3 is 0 Å². The lowest BCUT2D eigenvalue weighted by Crippen LogP contribution is -2.12. The van der Waals surface area contributed by atoms with Crippen LogP contribution in [-0.2, 0) is 11.3 Å². The fourth-order valence-corrected chi connectivity index (χ4v) is 3.05. The molecule has 0 spiro atoms. The Kier molecular flexibility index (Phi) is 4.31. The van der Waals surface area contributed by atoms with Gasteiger partial charge in [0.05, 0.1) is 11.3 Å². The molecule has 7 heteroatoms. The summed E-state index contributed by atoms with van der Waals surface area (Å²) in [7, 11) is 1.57. The van der Waals surface area contributed by atoms with Crippen molar-refractivity contribution < 1.29 is 18.3 Å². The number of methoxy groups -OCH3 is 1. The Hall–Kier alpha value is -2.38. The number of hydrogen-bond acceptors (Lipinski definition) is 4. The highest BCUT2D eigenvalue weighted by atomic mass is 32.1. The topological polar surface area (TPSA) is 51.2 Å². The lowest BCUT2D eigenvalue weighted by molar-refractivity contribution is 0.102. The molecule has 0 unspecified atom stereocenters. The average molecular weight is 334 g/mol. The maximum absolute atomic E-state index is 13.6. The normalized spacial score (nSPS) is 10.9.